The Morgan fingerprint density at radius 2 is 2.06 bits per heavy atom. The molecule has 0 spiro atoms. The van der Waals surface area contributed by atoms with Gasteiger partial charge in [0.15, 0.2) is 0 Å². The predicted molar refractivity (Wildman–Crippen MR) is 60.2 cm³/mol. The molecule has 0 radical (unpaired) electrons. The number of aromatic nitrogens is 2. The van der Waals surface area contributed by atoms with Crippen LogP contribution in [0, 0.1) is 0 Å². The minimum absolute atomic E-state index is 0.0480. The highest BCUT2D eigenvalue weighted by molar-refractivity contribution is 5.53. The van der Waals surface area contributed by atoms with Gasteiger partial charge in [-0.1, -0.05) is 13.8 Å². The summed E-state index contributed by atoms with van der Waals surface area (Å²) < 4.78 is 39.8. The quantitative estimate of drug-likeness (QED) is 0.899. The molecule has 0 saturated heterocycles. The van der Waals surface area contributed by atoms with Gasteiger partial charge in [-0.3, -0.25) is 0 Å². The number of rotatable bonds is 2. The van der Waals surface area contributed by atoms with E-state index in [4.69, 9.17) is 0 Å². The molecule has 0 atom stereocenters. The standard InChI is InChI=1S/C12H13F3N2O/c1-7(2)10-9(6-18)17-5-3-4-8(11(17)16-10)12(13,14)15/h3-5,7,18H,6H2,1-2H3. The summed E-state index contributed by atoms with van der Waals surface area (Å²) in [5.74, 6) is -0.0480. The second kappa shape index (κ2) is 4.28. The second-order valence-corrected chi connectivity index (χ2v) is 4.37. The number of hydrogen-bond donors (Lipinski definition) is 1. The van der Waals surface area contributed by atoms with Crippen LogP contribution in [0.25, 0.3) is 5.65 Å². The van der Waals surface area contributed by atoms with Crippen LogP contribution in [-0.2, 0) is 12.8 Å². The number of nitrogens with zero attached hydrogens (tertiary/aromatic N) is 2. The molecule has 2 heterocycles. The number of alkyl halides is 3. The maximum Gasteiger partial charge on any atom is 0.419 e. The van der Waals surface area contributed by atoms with E-state index in [0.717, 1.165) is 6.07 Å². The Bertz CT molecular complexity index is 572. The van der Waals surface area contributed by atoms with E-state index in [0.29, 0.717) is 11.4 Å². The lowest BCUT2D eigenvalue weighted by Crippen LogP contribution is -2.08. The normalized spacial score (nSPS) is 12.6. The van der Waals surface area contributed by atoms with E-state index in [-0.39, 0.29) is 18.2 Å². The molecular weight excluding hydrogens is 245 g/mol. The van der Waals surface area contributed by atoms with Gasteiger partial charge < -0.3 is 9.51 Å². The van der Waals surface area contributed by atoms with Gasteiger partial charge in [0.05, 0.1) is 23.6 Å². The summed E-state index contributed by atoms with van der Waals surface area (Å²) in [4.78, 5) is 4.03. The molecule has 18 heavy (non-hydrogen) atoms. The first-order valence-corrected chi connectivity index (χ1v) is 5.54. The van der Waals surface area contributed by atoms with E-state index < -0.39 is 11.7 Å². The van der Waals surface area contributed by atoms with Gasteiger partial charge in [0, 0.05) is 6.20 Å². The maximum atomic E-state index is 12.8. The molecule has 2 aromatic heterocycles. The number of pyridine rings is 1. The molecule has 2 rings (SSSR count). The van der Waals surface area contributed by atoms with Crippen molar-refractivity contribution in [3.05, 3.63) is 35.3 Å². The molecule has 6 heteroatoms. The summed E-state index contributed by atoms with van der Waals surface area (Å²) in [6.45, 7) is 3.32. The molecule has 0 bridgehead atoms. The van der Waals surface area contributed by atoms with Gasteiger partial charge in [-0.2, -0.15) is 13.2 Å². The molecule has 0 amide bonds. The fraction of sp³-hybridized carbons (Fsp3) is 0.417. The molecule has 0 aliphatic heterocycles. The van der Waals surface area contributed by atoms with Crippen molar-refractivity contribution < 1.29 is 18.3 Å². The van der Waals surface area contributed by atoms with Crippen molar-refractivity contribution in [2.24, 2.45) is 0 Å². The molecule has 0 unspecified atom stereocenters. The molecule has 0 saturated carbocycles. The van der Waals surface area contributed by atoms with E-state index >= 15 is 0 Å². The van der Waals surface area contributed by atoms with E-state index in [1.165, 1.54) is 16.7 Å². The molecule has 0 aliphatic rings. The Balaban J connectivity index is 2.80. The molecule has 0 fully saturated rings. The number of fused-ring (bicyclic) bond motifs is 1. The van der Waals surface area contributed by atoms with Crippen molar-refractivity contribution in [1.29, 1.82) is 0 Å². The number of imidazole rings is 1. The lowest BCUT2D eigenvalue weighted by atomic mass is 10.1. The van der Waals surface area contributed by atoms with Gasteiger partial charge in [-0.05, 0) is 18.1 Å². The van der Waals surface area contributed by atoms with Gasteiger partial charge in [0.2, 0.25) is 0 Å². The van der Waals surface area contributed by atoms with Crippen molar-refractivity contribution in [3.8, 4) is 0 Å². The summed E-state index contributed by atoms with van der Waals surface area (Å²) in [6.07, 6.45) is -2.97. The van der Waals surface area contributed by atoms with E-state index in [1.807, 2.05) is 13.8 Å². The van der Waals surface area contributed by atoms with Crippen molar-refractivity contribution in [2.45, 2.75) is 32.5 Å². The SMILES string of the molecule is CC(C)c1nc2c(C(F)(F)F)cccn2c1CO. The van der Waals surface area contributed by atoms with E-state index in [2.05, 4.69) is 4.98 Å². The Hall–Kier alpha value is -1.56. The minimum Gasteiger partial charge on any atom is -0.390 e. The van der Waals surface area contributed by atoms with Crippen molar-refractivity contribution >= 4 is 5.65 Å². The monoisotopic (exact) mass is 258 g/mol. The highest BCUT2D eigenvalue weighted by Crippen LogP contribution is 2.33. The van der Waals surface area contributed by atoms with Crippen LogP contribution in [0.5, 0.6) is 0 Å². The first kappa shape index (κ1) is 12.9. The van der Waals surface area contributed by atoms with Crippen LogP contribution >= 0.6 is 0 Å². The summed E-state index contributed by atoms with van der Waals surface area (Å²) in [5, 5.41) is 9.31. The van der Waals surface area contributed by atoms with Gasteiger partial charge in [-0.15, -0.1) is 0 Å². The lowest BCUT2D eigenvalue weighted by Gasteiger charge is -2.08. The zero-order chi connectivity index (χ0) is 13.5. The van der Waals surface area contributed by atoms with Crippen LogP contribution in [0.4, 0.5) is 13.2 Å². The highest BCUT2D eigenvalue weighted by atomic mass is 19.4. The van der Waals surface area contributed by atoms with Crippen molar-refractivity contribution in [3.63, 3.8) is 0 Å². The third kappa shape index (κ3) is 1.96. The maximum absolute atomic E-state index is 12.8. The van der Waals surface area contributed by atoms with Crippen LogP contribution in [0.15, 0.2) is 18.3 Å². The molecule has 98 valence electrons. The molecule has 0 aliphatic carbocycles. The Morgan fingerprint density at radius 1 is 1.39 bits per heavy atom. The molecular formula is C12H13F3N2O. The number of hydrogen-bond acceptors (Lipinski definition) is 2. The largest absolute Gasteiger partial charge is 0.419 e. The molecule has 3 nitrogen and oxygen atoms in total. The average Bonchev–Trinajstić information content (AvgIpc) is 2.65. The number of aliphatic hydroxyl groups is 1. The third-order valence-electron chi connectivity index (χ3n) is 2.78. The van der Waals surface area contributed by atoms with Crippen molar-refractivity contribution in [1.82, 2.24) is 9.38 Å². The lowest BCUT2D eigenvalue weighted by molar-refractivity contribution is -0.136. The summed E-state index contributed by atoms with van der Waals surface area (Å²) >= 11 is 0. The Morgan fingerprint density at radius 3 is 2.56 bits per heavy atom. The predicted octanol–water partition coefficient (Wildman–Crippen LogP) is 2.97. The first-order chi connectivity index (χ1) is 8.36. The summed E-state index contributed by atoms with van der Waals surface area (Å²) in [5.41, 5.74) is -0.0374. The Labute approximate surface area is 102 Å². The first-order valence-electron chi connectivity index (χ1n) is 5.54. The molecule has 1 N–H and O–H groups in total. The topological polar surface area (TPSA) is 37.5 Å². The van der Waals surface area contributed by atoms with Crippen LogP contribution in [-0.4, -0.2) is 14.5 Å². The van der Waals surface area contributed by atoms with Crippen molar-refractivity contribution in [2.75, 3.05) is 0 Å². The van der Waals surface area contributed by atoms with Gasteiger partial charge in [0.25, 0.3) is 0 Å². The third-order valence-corrected chi connectivity index (χ3v) is 2.78. The molecule has 2 aromatic rings. The zero-order valence-corrected chi connectivity index (χ0v) is 9.99. The zero-order valence-electron chi connectivity index (χ0n) is 9.99. The number of halogens is 3. The number of aliphatic hydroxyl groups excluding tert-OH is 1. The van der Waals surface area contributed by atoms with E-state index in [9.17, 15) is 18.3 Å². The Kier molecular flexibility index (Phi) is 3.06. The summed E-state index contributed by atoms with van der Waals surface area (Å²) in [7, 11) is 0. The van der Waals surface area contributed by atoms with Gasteiger partial charge in [-0.25, -0.2) is 4.98 Å². The average molecular weight is 258 g/mol. The van der Waals surface area contributed by atoms with Gasteiger partial charge >= 0.3 is 6.18 Å². The highest BCUT2D eigenvalue weighted by Gasteiger charge is 2.34. The molecule has 0 aromatic carbocycles. The fourth-order valence-corrected chi connectivity index (χ4v) is 1.97. The van der Waals surface area contributed by atoms with Crippen LogP contribution in [0.1, 0.15) is 36.7 Å². The second-order valence-electron chi connectivity index (χ2n) is 4.37. The van der Waals surface area contributed by atoms with E-state index in [1.54, 1.807) is 0 Å². The van der Waals surface area contributed by atoms with Crippen LogP contribution in [0.3, 0.4) is 0 Å². The fourth-order valence-electron chi connectivity index (χ4n) is 1.97. The minimum atomic E-state index is -4.45. The van der Waals surface area contributed by atoms with Gasteiger partial charge in [0.1, 0.15) is 5.65 Å². The van der Waals surface area contributed by atoms with Crippen LogP contribution < -0.4 is 0 Å². The van der Waals surface area contributed by atoms with Crippen LogP contribution in [0.2, 0.25) is 0 Å². The smallest absolute Gasteiger partial charge is 0.390 e. The summed E-state index contributed by atoms with van der Waals surface area (Å²) in [6, 6.07) is 2.30.